The number of nitrogens with zero attached hydrogens (tertiary/aromatic N) is 2. The van der Waals surface area contributed by atoms with Crippen molar-refractivity contribution in [2.75, 3.05) is 13.1 Å². The summed E-state index contributed by atoms with van der Waals surface area (Å²) in [5, 5.41) is 5.15. The number of benzene rings is 1. The van der Waals surface area contributed by atoms with Gasteiger partial charge < -0.3 is 5.32 Å². The van der Waals surface area contributed by atoms with Crippen molar-refractivity contribution in [1.82, 2.24) is 15.2 Å². The van der Waals surface area contributed by atoms with Gasteiger partial charge in [-0.3, -0.25) is 19.3 Å². The number of hydrogen-bond acceptors (Lipinski definition) is 6. The third kappa shape index (κ3) is 5.05. The Hall–Kier alpha value is -2.52. The third-order valence-corrected chi connectivity index (χ3v) is 5.89. The fraction of sp³-hybridized carbons (Fsp3) is 0.263. The average Bonchev–Trinajstić information content (AvgIpc) is 3.23. The number of aryl methyl sites for hydroxylation is 1. The maximum atomic E-state index is 13.0. The molecule has 2 aromatic rings. The summed E-state index contributed by atoms with van der Waals surface area (Å²) in [6.07, 6.45) is 2.55. The fourth-order valence-electron chi connectivity index (χ4n) is 2.53. The fourth-order valence-corrected chi connectivity index (χ4v) is 4.14. The monoisotopic (exact) mass is 419 g/mol. The molecule has 0 saturated carbocycles. The van der Waals surface area contributed by atoms with Gasteiger partial charge in [0.25, 0.3) is 11.1 Å². The van der Waals surface area contributed by atoms with Gasteiger partial charge in [0, 0.05) is 18.5 Å². The Morgan fingerprint density at radius 3 is 2.71 bits per heavy atom. The van der Waals surface area contributed by atoms with Gasteiger partial charge in [-0.05, 0) is 42.0 Å². The number of carbonyl (C=O) groups is 3. The first kappa shape index (κ1) is 20.2. The van der Waals surface area contributed by atoms with E-state index in [1.165, 1.54) is 35.6 Å². The SMILES string of the molecule is CCc1nc(CC(=O)NCCN2C(=O)S/C(=C/c3ccc(F)cc3)C2=O)cs1. The van der Waals surface area contributed by atoms with Crippen LogP contribution in [0.15, 0.2) is 34.6 Å². The highest BCUT2D eigenvalue weighted by Gasteiger charge is 2.34. The van der Waals surface area contributed by atoms with Crippen molar-refractivity contribution in [2.24, 2.45) is 0 Å². The molecule has 1 aromatic carbocycles. The summed E-state index contributed by atoms with van der Waals surface area (Å²) in [6.45, 7) is 2.27. The maximum Gasteiger partial charge on any atom is 0.293 e. The summed E-state index contributed by atoms with van der Waals surface area (Å²) < 4.78 is 13.0. The first-order valence-corrected chi connectivity index (χ1v) is 10.4. The number of carbonyl (C=O) groups excluding carboxylic acids is 3. The number of rotatable bonds is 7. The quantitative estimate of drug-likeness (QED) is 0.697. The molecule has 28 heavy (non-hydrogen) atoms. The predicted octanol–water partition coefficient (Wildman–Crippen LogP) is 3.24. The second-order valence-electron chi connectivity index (χ2n) is 6.00. The van der Waals surface area contributed by atoms with Gasteiger partial charge in [-0.25, -0.2) is 9.37 Å². The van der Waals surface area contributed by atoms with E-state index in [2.05, 4.69) is 10.3 Å². The normalized spacial score (nSPS) is 15.5. The molecule has 2 heterocycles. The summed E-state index contributed by atoms with van der Waals surface area (Å²) in [4.78, 5) is 42.2. The first-order chi connectivity index (χ1) is 13.5. The number of hydrogen-bond donors (Lipinski definition) is 1. The van der Waals surface area contributed by atoms with Crippen LogP contribution in [0.2, 0.25) is 0 Å². The lowest BCUT2D eigenvalue weighted by Crippen LogP contribution is -2.37. The zero-order chi connectivity index (χ0) is 20.1. The van der Waals surface area contributed by atoms with Crippen LogP contribution in [0.5, 0.6) is 0 Å². The van der Waals surface area contributed by atoms with Crippen molar-refractivity contribution in [3.63, 3.8) is 0 Å². The van der Waals surface area contributed by atoms with Crippen LogP contribution in [-0.4, -0.2) is 40.0 Å². The van der Waals surface area contributed by atoms with E-state index in [1.807, 2.05) is 12.3 Å². The van der Waals surface area contributed by atoms with E-state index in [4.69, 9.17) is 0 Å². The summed E-state index contributed by atoms with van der Waals surface area (Å²) in [6, 6.07) is 5.65. The number of thiazole rings is 1. The van der Waals surface area contributed by atoms with E-state index < -0.39 is 5.91 Å². The molecule has 3 amide bonds. The van der Waals surface area contributed by atoms with Gasteiger partial charge in [0.2, 0.25) is 5.91 Å². The van der Waals surface area contributed by atoms with Crippen molar-refractivity contribution in [3.05, 3.63) is 56.6 Å². The van der Waals surface area contributed by atoms with Crippen molar-refractivity contribution in [1.29, 1.82) is 0 Å². The number of halogens is 1. The highest BCUT2D eigenvalue weighted by molar-refractivity contribution is 8.18. The minimum absolute atomic E-state index is 0.0917. The summed E-state index contributed by atoms with van der Waals surface area (Å²) in [5.41, 5.74) is 1.35. The minimum Gasteiger partial charge on any atom is -0.354 e. The van der Waals surface area contributed by atoms with Gasteiger partial charge >= 0.3 is 0 Å². The van der Waals surface area contributed by atoms with E-state index in [0.717, 1.165) is 28.1 Å². The van der Waals surface area contributed by atoms with Crippen LogP contribution < -0.4 is 5.32 Å². The average molecular weight is 420 g/mol. The van der Waals surface area contributed by atoms with Gasteiger partial charge in [-0.15, -0.1) is 11.3 Å². The third-order valence-electron chi connectivity index (χ3n) is 3.94. The van der Waals surface area contributed by atoms with Gasteiger partial charge in [0.15, 0.2) is 0 Å². The van der Waals surface area contributed by atoms with E-state index in [1.54, 1.807) is 6.08 Å². The Balaban J connectivity index is 1.51. The van der Waals surface area contributed by atoms with Crippen LogP contribution in [0.4, 0.5) is 9.18 Å². The summed E-state index contributed by atoms with van der Waals surface area (Å²) in [5.74, 6) is -0.994. The Labute approximate surface area is 169 Å². The zero-order valence-electron chi connectivity index (χ0n) is 15.1. The Kier molecular flexibility index (Phi) is 6.58. The van der Waals surface area contributed by atoms with Crippen LogP contribution >= 0.6 is 23.1 Å². The molecule has 0 radical (unpaired) electrons. The molecular formula is C19H18FN3O3S2. The smallest absolute Gasteiger partial charge is 0.293 e. The molecule has 0 unspecified atom stereocenters. The largest absolute Gasteiger partial charge is 0.354 e. The van der Waals surface area contributed by atoms with Crippen LogP contribution in [0.1, 0.15) is 23.2 Å². The van der Waals surface area contributed by atoms with Gasteiger partial charge in [0.05, 0.1) is 22.0 Å². The molecule has 1 aliphatic heterocycles. The number of thioether (sulfide) groups is 1. The van der Waals surface area contributed by atoms with Crippen LogP contribution in [-0.2, 0) is 22.4 Å². The molecule has 1 N–H and O–H groups in total. The van der Waals surface area contributed by atoms with Crippen LogP contribution in [0.3, 0.4) is 0 Å². The lowest BCUT2D eigenvalue weighted by atomic mass is 10.2. The molecule has 1 fully saturated rings. The number of nitrogens with one attached hydrogen (secondary N) is 1. The molecule has 1 aliphatic rings. The van der Waals surface area contributed by atoms with E-state index in [-0.39, 0.29) is 41.4 Å². The van der Waals surface area contributed by atoms with Gasteiger partial charge in [0.1, 0.15) is 5.82 Å². The Bertz CT molecular complexity index is 925. The van der Waals surface area contributed by atoms with Crippen LogP contribution in [0, 0.1) is 5.82 Å². The van der Waals surface area contributed by atoms with E-state index in [0.29, 0.717) is 11.3 Å². The molecule has 0 aliphatic carbocycles. The molecule has 1 saturated heterocycles. The topological polar surface area (TPSA) is 79.4 Å². The molecule has 0 bridgehead atoms. The predicted molar refractivity (Wildman–Crippen MR) is 107 cm³/mol. The molecule has 6 nitrogen and oxygen atoms in total. The lowest BCUT2D eigenvalue weighted by molar-refractivity contribution is -0.124. The Morgan fingerprint density at radius 1 is 1.29 bits per heavy atom. The zero-order valence-corrected chi connectivity index (χ0v) is 16.7. The molecule has 0 spiro atoms. The number of imide groups is 1. The number of aromatic nitrogens is 1. The summed E-state index contributed by atoms with van der Waals surface area (Å²) >= 11 is 2.35. The second-order valence-corrected chi connectivity index (χ2v) is 7.93. The standard InChI is InChI=1S/C19H18FN3O3S2/c1-2-17-22-14(11-27-17)10-16(24)21-7-8-23-18(25)15(28-19(23)26)9-12-3-5-13(20)6-4-12/h3-6,9,11H,2,7-8,10H2,1H3,(H,21,24)/b15-9+. The lowest BCUT2D eigenvalue weighted by Gasteiger charge is -2.12. The maximum absolute atomic E-state index is 13.0. The minimum atomic E-state index is -0.416. The molecular weight excluding hydrogens is 401 g/mol. The number of amides is 3. The highest BCUT2D eigenvalue weighted by Crippen LogP contribution is 2.31. The van der Waals surface area contributed by atoms with Crippen molar-refractivity contribution in [2.45, 2.75) is 19.8 Å². The summed E-state index contributed by atoms with van der Waals surface area (Å²) in [7, 11) is 0. The van der Waals surface area contributed by atoms with Crippen molar-refractivity contribution in [3.8, 4) is 0 Å². The first-order valence-electron chi connectivity index (χ1n) is 8.67. The van der Waals surface area contributed by atoms with Crippen LogP contribution in [0.25, 0.3) is 6.08 Å². The second kappa shape index (κ2) is 9.11. The van der Waals surface area contributed by atoms with E-state index in [9.17, 15) is 18.8 Å². The van der Waals surface area contributed by atoms with Crippen molar-refractivity contribution < 1.29 is 18.8 Å². The highest BCUT2D eigenvalue weighted by atomic mass is 32.2. The molecule has 146 valence electrons. The Morgan fingerprint density at radius 2 is 2.04 bits per heavy atom. The van der Waals surface area contributed by atoms with Gasteiger partial charge in [-0.1, -0.05) is 19.1 Å². The molecule has 3 rings (SSSR count). The van der Waals surface area contributed by atoms with Crippen molar-refractivity contribution >= 4 is 46.2 Å². The molecule has 9 heteroatoms. The molecule has 1 aromatic heterocycles. The molecule has 0 atom stereocenters. The van der Waals surface area contributed by atoms with E-state index >= 15 is 0 Å². The van der Waals surface area contributed by atoms with Gasteiger partial charge in [-0.2, -0.15) is 0 Å².